The molecule has 9 heteroatoms. The molecule has 2 amide bonds. The quantitative estimate of drug-likeness (QED) is 0.672. The van der Waals surface area contributed by atoms with Crippen LogP contribution in [0.25, 0.3) is 0 Å². The summed E-state index contributed by atoms with van der Waals surface area (Å²) in [4.78, 5) is 37.0. The first-order valence-corrected chi connectivity index (χ1v) is 6.27. The Morgan fingerprint density at radius 2 is 2.24 bits per heavy atom. The van der Waals surface area contributed by atoms with Gasteiger partial charge in [-0.3, -0.25) is 14.4 Å². The number of nitrogens with one attached hydrogen (secondary N) is 1. The topological polar surface area (TPSA) is 101 Å². The van der Waals surface area contributed by atoms with E-state index in [4.69, 9.17) is 4.74 Å². The Morgan fingerprint density at radius 1 is 1.52 bits per heavy atom. The lowest BCUT2D eigenvalue weighted by molar-refractivity contribution is 0.00623. The number of halogens is 1. The van der Waals surface area contributed by atoms with Gasteiger partial charge in [-0.1, -0.05) is 4.48 Å². The van der Waals surface area contributed by atoms with Crippen LogP contribution in [0.4, 0.5) is 4.48 Å². The monoisotopic (exact) mass is 297 g/mol. The zero-order valence-corrected chi connectivity index (χ0v) is 11.0. The molecule has 0 spiro atoms. The predicted molar refractivity (Wildman–Crippen MR) is 66.3 cm³/mol. The highest BCUT2D eigenvalue weighted by molar-refractivity contribution is 5.99. The fourth-order valence-corrected chi connectivity index (χ4v) is 2.69. The number of nitrogens with zero attached hydrogens (tertiary/aromatic N) is 2. The van der Waals surface area contributed by atoms with Gasteiger partial charge in [-0.15, -0.1) is 0 Å². The van der Waals surface area contributed by atoms with Crippen LogP contribution in [0.15, 0.2) is 11.0 Å². The molecule has 0 aromatic carbocycles. The Bertz CT molecular complexity index is 701. The highest BCUT2D eigenvalue weighted by Gasteiger charge is 2.42. The highest BCUT2D eigenvalue weighted by atomic mass is 19.2. The van der Waals surface area contributed by atoms with Crippen molar-refractivity contribution in [2.24, 2.45) is 0 Å². The van der Waals surface area contributed by atoms with E-state index in [2.05, 4.69) is 0 Å². The number of hydrogen-bond acceptors (Lipinski definition) is 5. The van der Waals surface area contributed by atoms with Crippen LogP contribution < -0.4 is 11.0 Å². The molecule has 2 N–H and O–H groups in total. The summed E-state index contributed by atoms with van der Waals surface area (Å²) in [6.07, 6.45) is 0.511. The van der Waals surface area contributed by atoms with E-state index in [1.165, 1.54) is 9.47 Å². The summed E-state index contributed by atoms with van der Waals surface area (Å²) < 4.78 is 18.9. The van der Waals surface area contributed by atoms with E-state index >= 15 is 0 Å². The molecule has 0 unspecified atom stereocenters. The largest absolute Gasteiger partial charge is 0.503 e. The van der Waals surface area contributed by atoms with Crippen molar-refractivity contribution in [2.45, 2.75) is 25.7 Å². The molecule has 0 radical (unpaired) electrons. The molecule has 2 atom stereocenters. The van der Waals surface area contributed by atoms with E-state index in [-0.39, 0.29) is 18.3 Å². The fraction of sp³-hybridized carbons (Fsp3) is 0.417. The molecule has 2 aliphatic rings. The van der Waals surface area contributed by atoms with Gasteiger partial charge in [-0.05, 0) is 6.92 Å². The number of carbonyl (C=O) groups is 2. The molecule has 1 saturated heterocycles. The minimum atomic E-state index is -1.28. The van der Waals surface area contributed by atoms with Crippen molar-refractivity contribution in [3.05, 3.63) is 27.7 Å². The van der Waals surface area contributed by atoms with Crippen molar-refractivity contribution < 1.29 is 23.9 Å². The Balaban J connectivity index is 2.17. The number of amides is 2. The highest BCUT2D eigenvalue weighted by Crippen LogP contribution is 2.29. The second-order valence-electron chi connectivity index (χ2n) is 4.99. The van der Waals surface area contributed by atoms with Crippen LogP contribution >= 0.6 is 0 Å². The van der Waals surface area contributed by atoms with Gasteiger partial charge >= 0.3 is 0 Å². The van der Waals surface area contributed by atoms with Gasteiger partial charge in [0.15, 0.2) is 17.7 Å². The molecular weight excluding hydrogens is 285 g/mol. The maximum absolute atomic E-state index is 12.4. The van der Waals surface area contributed by atoms with Gasteiger partial charge < -0.3 is 19.3 Å². The maximum atomic E-state index is 12.4. The van der Waals surface area contributed by atoms with E-state index in [0.717, 1.165) is 11.7 Å². The molecular formula is C12H12FN3O5. The molecule has 2 aliphatic heterocycles. The summed E-state index contributed by atoms with van der Waals surface area (Å²) in [7, 11) is 0. The molecule has 0 aliphatic carbocycles. The summed E-state index contributed by atoms with van der Waals surface area (Å²) in [5.41, 5.74) is -1.05. The first-order chi connectivity index (χ1) is 9.95. The molecule has 1 fully saturated rings. The number of aromatic nitrogens is 1. The molecule has 8 nitrogen and oxygen atoms in total. The third kappa shape index (κ3) is 1.81. The summed E-state index contributed by atoms with van der Waals surface area (Å²) in [6.45, 7) is 2.27. The Hall–Kier alpha value is -2.42. The van der Waals surface area contributed by atoms with E-state index in [1.807, 2.05) is 0 Å². The average Bonchev–Trinajstić information content (AvgIpc) is 2.83. The summed E-state index contributed by atoms with van der Waals surface area (Å²) >= 11 is 0. The molecule has 3 heterocycles. The van der Waals surface area contributed by atoms with E-state index in [1.54, 1.807) is 6.92 Å². The normalized spacial score (nSPS) is 23.7. The number of pyridine rings is 1. The minimum absolute atomic E-state index is 0.145. The van der Waals surface area contributed by atoms with Gasteiger partial charge in [-0.2, -0.15) is 5.54 Å². The molecule has 112 valence electrons. The summed E-state index contributed by atoms with van der Waals surface area (Å²) in [5, 5.41) is 9.92. The van der Waals surface area contributed by atoms with Gasteiger partial charge in [0.05, 0.1) is 19.2 Å². The summed E-state index contributed by atoms with van der Waals surface area (Å²) in [6, 6.07) is -0.181. The Morgan fingerprint density at radius 3 is 2.90 bits per heavy atom. The zero-order valence-electron chi connectivity index (χ0n) is 11.0. The maximum Gasteiger partial charge on any atom is 0.284 e. The van der Waals surface area contributed by atoms with Crippen LogP contribution in [0.2, 0.25) is 0 Å². The third-order valence-corrected chi connectivity index (χ3v) is 3.69. The molecule has 21 heavy (non-hydrogen) atoms. The number of carbonyl (C=O) groups excluding carboxylic acids is 2. The first-order valence-electron chi connectivity index (χ1n) is 6.27. The number of hydrogen-bond donors (Lipinski definition) is 2. The smallest absolute Gasteiger partial charge is 0.284 e. The lowest BCUT2D eigenvalue weighted by Crippen LogP contribution is -2.49. The van der Waals surface area contributed by atoms with Crippen LogP contribution in [0.3, 0.4) is 0 Å². The van der Waals surface area contributed by atoms with Crippen molar-refractivity contribution in [3.8, 4) is 5.75 Å². The van der Waals surface area contributed by atoms with Gasteiger partial charge in [0, 0.05) is 6.20 Å². The van der Waals surface area contributed by atoms with Crippen LogP contribution in [0.5, 0.6) is 5.75 Å². The van der Waals surface area contributed by atoms with Crippen LogP contribution in [-0.4, -0.2) is 45.3 Å². The molecule has 1 aromatic heterocycles. The van der Waals surface area contributed by atoms with Gasteiger partial charge in [0.1, 0.15) is 5.56 Å². The van der Waals surface area contributed by atoms with Crippen LogP contribution in [0.1, 0.15) is 27.8 Å². The van der Waals surface area contributed by atoms with Gasteiger partial charge in [0.2, 0.25) is 5.43 Å². The lowest BCUT2D eigenvalue weighted by atomic mass is 10.1. The van der Waals surface area contributed by atoms with Crippen molar-refractivity contribution in [3.63, 3.8) is 0 Å². The fourth-order valence-electron chi connectivity index (χ4n) is 2.69. The van der Waals surface area contributed by atoms with E-state index in [9.17, 15) is 24.0 Å². The van der Waals surface area contributed by atoms with Crippen LogP contribution in [-0.2, 0) is 11.3 Å². The number of aromatic hydroxyl groups is 1. The van der Waals surface area contributed by atoms with E-state index in [0.29, 0.717) is 6.61 Å². The van der Waals surface area contributed by atoms with Gasteiger partial charge in [0.25, 0.3) is 11.8 Å². The number of fused-ring (bicyclic) bond motifs is 2. The second kappa shape index (κ2) is 4.55. The molecule has 0 bridgehead atoms. The van der Waals surface area contributed by atoms with Crippen LogP contribution in [0, 0.1) is 0 Å². The Labute approximate surface area is 117 Å². The third-order valence-electron chi connectivity index (χ3n) is 3.69. The van der Waals surface area contributed by atoms with Crippen molar-refractivity contribution in [2.75, 3.05) is 6.61 Å². The second-order valence-corrected chi connectivity index (χ2v) is 4.99. The standard InChI is InChI=1S/C12H12FN3O5/c1-5-4-21-7-3-15-2-6(11(19)14-13)9(17)10(18)8(15)12(20)16(5)7/h2,5,7,18H,3-4H2,1H3,(H,14,19)/t5-,7+/m0/s1. The van der Waals surface area contributed by atoms with Crippen molar-refractivity contribution in [1.82, 2.24) is 15.0 Å². The van der Waals surface area contributed by atoms with Crippen molar-refractivity contribution in [1.29, 1.82) is 0 Å². The number of rotatable bonds is 1. The lowest BCUT2D eigenvalue weighted by Gasteiger charge is -2.33. The van der Waals surface area contributed by atoms with Crippen molar-refractivity contribution >= 4 is 11.8 Å². The SMILES string of the molecule is C[C@H]1CO[C@@H]2Cn3cc(C(=O)NF)c(=O)c(O)c3C(=O)N12. The summed E-state index contributed by atoms with van der Waals surface area (Å²) in [5.74, 6) is -2.70. The van der Waals surface area contributed by atoms with Gasteiger partial charge in [-0.25, -0.2) is 0 Å². The molecule has 1 aromatic rings. The molecule has 0 saturated carbocycles. The predicted octanol–water partition coefficient (Wildman–Crippen LogP) is -0.631. The Kier molecular flexibility index (Phi) is 2.94. The minimum Gasteiger partial charge on any atom is -0.503 e. The number of ether oxygens (including phenoxy) is 1. The molecule has 3 rings (SSSR count). The average molecular weight is 297 g/mol. The first kappa shape index (κ1) is 13.6. The van der Waals surface area contributed by atoms with E-state index < -0.39 is 34.8 Å². The zero-order chi connectivity index (χ0) is 15.3.